The summed E-state index contributed by atoms with van der Waals surface area (Å²) in [5, 5.41) is 0. The first-order valence-corrected chi connectivity index (χ1v) is 9.64. The van der Waals surface area contributed by atoms with E-state index in [1.165, 1.54) is 25.3 Å². The molecule has 0 aromatic heterocycles. The summed E-state index contributed by atoms with van der Waals surface area (Å²) in [6.45, 7) is 6.25. The van der Waals surface area contributed by atoms with Crippen LogP contribution < -0.4 is 0 Å². The molecule has 0 aromatic carbocycles. The summed E-state index contributed by atoms with van der Waals surface area (Å²) in [6.07, 6.45) is 7.49. The summed E-state index contributed by atoms with van der Waals surface area (Å²) < 4.78 is 4.99. The van der Waals surface area contributed by atoms with E-state index in [2.05, 4.69) is 6.08 Å². The van der Waals surface area contributed by atoms with Crippen LogP contribution in [0, 0.1) is 0 Å². The average molecular weight is 365 g/mol. The second kappa shape index (κ2) is 10.2. The van der Waals surface area contributed by atoms with E-state index in [1.54, 1.807) is 21.6 Å². The van der Waals surface area contributed by atoms with Crippen LogP contribution in [-0.2, 0) is 14.3 Å². The van der Waals surface area contributed by atoms with Gasteiger partial charge in [-0.05, 0) is 39.0 Å². The van der Waals surface area contributed by atoms with Gasteiger partial charge in [-0.2, -0.15) is 0 Å². The number of ether oxygens (including phenoxy) is 1. The first-order valence-electron chi connectivity index (χ1n) is 9.64. The predicted molar refractivity (Wildman–Crippen MR) is 98.6 cm³/mol. The van der Waals surface area contributed by atoms with Gasteiger partial charge >= 0.3 is 6.09 Å². The first kappa shape index (κ1) is 20.3. The number of allylic oxidation sites excluding steroid dienone is 1. The van der Waals surface area contributed by atoms with E-state index in [4.69, 9.17) is 4.74 Å². The second-order valence-corrected chi connectivity index (χ2v) is 6.87. The zero-order valence-electron chi connectivity index (χ0n) is 16.0. The Labute approximate surface area is 155 Å². The molecule has 146 valence electrons. The Morgan fingerprint density at radius 1 is 1.12 bits per heavy atom. The van der Waals surface area contributed by atoms with Crippen molar-refractivity contribution in [2.24, 2.45) is 0 Å². The summed E-state index contributed by atoms with van der Waals surface area (Å²) in [5.74, 6) is -0.124. The van der Waals surface area contributed by atoms with E-state index in [0.717, 1.165) is 19.3 Å². The Hall–Kier alpha value is -2.05. The van der Waals surface area contributed by atoms with Gasteiger partial charge in [-0.25, -0.2) is 4.79 Å². The van der Waals surface area contributed by atoms with Gasteiger partial charge in [0.2, 0.25) is 11.8 Å². The molecule has 0 N–H and O–H groups in total. The Bertz CT molecular complexity index is 539. The van der Waals surface area contributed by atoms with Crippen molar-refractivity contribution in [1.29, 1.82) is 0 Å². The largest absolute Gasteiger partial charge is 0.450 e. The van der Waals surface area contributed by atoms with Crippen molar-refractivity contribution < 1.29 is 19.1 Å². The first-order chi connectivity index (χ1) is 12.5. The van der Waals surface area contributed by atoms with Gasteiger partial charge in [0, 0.05) is 39.6 Å². The molecule has 1 fully saturated rings. The zero-order valence-corrected chi connectivity index (χ0v) is 16.0. The van der Waals surface area contributed by atoms with E-state index < -0.39 is 0 Å². The fourth-order valence-electron chi connectivity index (χ4n) is 3.37. The van der Waals surface area contributed by atoms with Gasteiger partial charge in [-0.3, -0.25) is 9.59 Å². The van der Waals surface area contributed by atoms with Gasteiger partial charge in [0.25, 0.3) is 0 Å². The number of piperazine rings is 1. The highest BCUT2D eigenvalue weighted by atomic mass is 16.6. The fourth-order valence-corrected chi connectivity index (χ4v) is 3.37. The third-order valence-electron chi connectivity index (χ3n) is 5.02. The summed E-state index contributed by atoms with van der Waals surface area (Å²) in [5.41, 5.74) is 1.40. The lowest BCUT2D eigenvalue weighted by Gasteiger charge is -2.35. The van der Waals surface area contributed by atoms with Crippen LogP contribution in [-0.4, -0.2) is 78.5 Å². The van der Waals surface area contributed by atoms with E-state index in [1.807, 2.05) is 0 Å². The highest BCUT2D eigenvalue weighted by molar-refractivity contribution is 5.84. The molecule has 1 aliphatic carbocycles. The highest BCUT2D eigenvalue weighted by Crippen LogP contribution is 2.20. The zero-order chi connectivity index (χ0) is 18.9. The Morgan fingerprint density at radius 3 is 2.38 bits per heavy atom. The number of hydrogen-bond acceptors (Lipinski definition) is 4. The van der Waals surface area contributed by atoms with Gasteiger partial charge in [0.15, 0.2) is 0 Å². The highest BCUT2D eigenvalue weighted by Gasteiger charge is 2.26. The molecule has 0 bridgehead atoms. The summed E-state index contributed by atoms with van der Waals surface area (Å²) >= 11 is 0. The molecule has 7 nitrogen and oxygen atoms in total. The van der Waals surface area contributed by atoms with Crippen molar-refractivity contribution in [1.82, 2.24) is 14.7 Å². The van der Waals surface area contributed by atoms with Gasteiger partial charge in [-0.1, -0.05) is 11.6 Å². The lowest BCUT2D eigenvalue weighted by atomic mass is 9.97. The third kappa shape index (κ3) is 6.04. The van der Waals surface area contributed by atoms with Crippen molar-refractivity contribution >= 4 is 17.9 Å². The number of amides is 3. The molecule has 0 saturated carbocycles. The smallest absolute Gasteiger partial charge is 0.409 e. The minimum atomic E-state index is -0.328. The minimum absolute atomic E-state index is 0.0543. The number of rotatable bonds is 6. The van der Waals surface area contributed by atoms with Crippen LogP contribution in [0.25, 0.3) is 0 Å². The maximum Gasteiger partial charge on any atom is 0.409 e. The molecule has 0 spiro atoms. The van der Waals surface area contributed by atoms with Crippen LogP contribution in [0.5, 0.6) is 0 Å². The third-order valence-corrected chi connectivity index (χ3v) is 5.02. The van der Waals surface area contributed by atoms with Crippen LogP contribution in [0.1, 0.15) is 46.0 Å². The standard InChI is InChI=1S/C19H31N3O4/c1-3-26-19(25)21-13-11-20(12-14-21)18(24)15-22(16(2)23)10-9-17-7-5-4-6-8-17/h7H,3-6,8-15H2,1-2H3. The lowest BCUT2D eigenvalue weighted by Crippen LogP contribution is -2.53. The molecular formula is C19H31N3O4. The van der Waals surface area contributed by atoms with Gasteiger partial charge in [0.1, 0.15) is 0 Å². The Morgan fingerprint density at radius 2 is 1.81 bits per heavy atom. The second-order valence-electron chi connectivity index (χ2n) is 6.87. The molecule has 2 rings (SSSR count). The molecule has 2 aliphatic rings. The SMILES string of the molecule is CCOC(=O)N1CCN(C(=O)CN(CCC2=CCCCC2)C(C)=O)CC1. The fraction of sp³-hybridized carbons (Fsp3) is 0.737. The van der Waals surface area contributed by atoms with Crippen LogP contribution in [0.3, 0.4) is 0 Å². The molecule has 0 aromatic rings. The lowest BCUT2D eigenvalue weighted by molar-refractivity contribution is -0.140. The van der Waals surface area contributed by atoms with Crippen molar-refractivity contribution in [3.05, 3.63) is 11.6 Å². The van der Waals surface area contributed by atoms with Crippen LogP contribution in [0.4, 0.5) is 4.79 Å². The van der Waals surface area contributed by atoms with Gasteiger partial charge < -0.3 is 19.4 Å². The number of carbonyl (C=O) groups is 3. The Balaban J connectivity index is 1.79. The average Bonchev–Trinajstić information content (AvgIpc) is 2.65. The maximum absolute atomic E-state index is 12.5. The summed E-state index contributed by atoms with van der Waals surface area (Å²) in [6, 6.07) is 0. The van der Waals surface area contributed by atoms with E-state index in [9.17, 15) is 14.4 Å². The molecular weight excluding hydrogens is 334 g/mol. The van der Waals surface area contributed by atoms with Crippen molar-refractivity contribution in [2.75, 3.05) is 45.9 Å². The van der Waals surface area contributed by atoms with E-state index in [-0.39, 0.29) is 24.5 Å². The molecule has 3 amide bonds. The molecule has 0 radical (unpaired) electrons. The number of hydrogen-bond donors (Lipinski definition) is 0. The maximum atomic E-state index is 12.5. The molecule has 7 heteroatoms. The number of nitrogens with zero attached hydrogens (tertiary/aromatic N) is 3. The molecule has 0 unspecified atom stereocenters. The number of carbonyl (C=O) groups excluding carboxylic acids is 3. The normalized spacial score (nSPS) is 17.5. The van der Waals surface area contributed by atoms with Gasteiger partial charge in [0.05, 0.1) is 13.2 Å². The van der Waals surface area contributed by atoms with Crippen molar-refractivity contribution in [3.63, 3.8) is 0 Å². The van der Waals surface area contributed by atoms with E-state index in [0.29, 0.717) is 39.3 Å². The molecule has 1 aliphatic heterocycles. The van der Waals surface area contributed by atoms with Crippen LogP contribution in [0.2, 0.25) is 0 Å². The quantitative estimate of drug-likeness (QED) is 0.675. The van der Waals surface area contributed by atoms with Gasteiger partial charge in [-0.15, -0.1) is 0 Å². The minimum Gasteiger partial charge on any atom is -0.450 e. The topological polar surface area (TPSA) is 70.2 Å². The summed E-state index contributed by atoms with van der Waals surface area (Å²) in [4.78, 5) is 41.2. The molecule has 1 saturated heterocycles. The molecule has 1 heterocycles. The molecule has 0 atom stereocenters. The molecule has 26 heavy (non-hydrogen) atoms. The monoisotopic (exact) mass is 365 g/mol. The van der Waals surface area contributed by atoms with Crippen molar-refractivity contribution in [3.8, 4) is 0 Å². The predicted octanol–water partition coefficient (Wildman–Crippen LogP) is 2.03. The van der Waals surface area contributed by atoms with E-state index >= 15 is 0 Å². The summed E-state index contributed by atoms with van der Waals surface area (Å²) in [7, 11) is 0. The van der Waals surface area contributed by atoms with Crippen molar-refractivity contribution in [2.45, 2.75) is 46.0 Å². The van der Waals surface area contributed by atoms with Crippen LogP contribution >= 0.6 is 0 Å². The Kier molecular flexibility index (Phi) is 7.94. The van der Waals surface area contributed by atoms with Crippen LogP contribution in [0.15, 0.2) is 11.6 Å².